The summed E-state index contributed by atoms with van der Waals surface area (Å²) in [6.45, 7) is 4.17. The predicted molar refractivity (Wildman–Crippen MR) is 85.0 cm³/mol. The summed E-state index contributed by atoms with van der Waals surface area (Å²) >= 11 is 0. The van der Waals surface area contributed by atoms with Gasteiger partial charge in [-0.3, -0.25) is 4.79 Å². The smallest absolute Gasteiger partial charge is 0.224 e. The molecule has 1 aliphatic carbocycles. The lowest BCUT2D eigenvalue weighted by atomic mass is 9.85. The van der Waals surface area contributed by atoms with Crippen molar-refractivity contribution in [1.29, 1.82) is 0 Å². The van der Waals surface area contributed by atoms with Crippen LogP contribution in [0.5, 0.6) is 0 Å². The Bertz CT molecular complexity index is 594. The molecule has 0 saturated heterocycles. The van der Waals surface area contributed by atoms with Gasteiger partial charge in [0, 0.05) is 12.0 Å². The standard InChI is InChI=1S/C19H19NO/c1-2-13-20-18(21)17-14-19(17,15-9-5-3-6-10-15)16-11-7-4-8-12-16/h2-12,17H,1,13-14H2,(H,20,21)/t17-/m0/s1. The fraction of sp³-hybridized carbons (Fsp3) is 0.211. The summed E-state index contributed by atoms with van der Waals surface area (Å²) in [4.78, 5) is 12.4. The molecule has 1 aliphatic rings. The maximum Gasteiger partial charge on any atom is 0.224 e. The Morgan fingerprint density at radius 2 is 1.62 bits per heavy atom. The summed E-state index contributed by atoms with van der Waals surface area (Å²) < 4.78 is 0. The van der Waals surface area contributed by atoms with Crippen molar-refractivity contribution in [2.45, 2.75) is 11.8 Å². The Morgan fingerprint density at radius 1 is 1.10 bits per heavy atom. The Kier molecular flexibility index (Phi) is 3.61. The van der Waals surface area contributed by atoms with E-state index in [0.29, 0.717) is 6.54 Å². The van der Waals surface area contributed by atoms with Crippen LogP contribution in [0.4, 0.5) is 0 Å². The number of nitrogens with one attached hydrogen (secondary N) is 1. The number of hydrogen-bond acceptors (Lipinski definition) is 1. The van der Waals surface area contributed by atoms with Crippen molar-refractivity contribution in [2.75, 3.05) is 6.54 Å². The van der Waals surface area contributed by atoms with E-state index < -0.39 is 0 Å². The second-order valence-electron chi connectivity index (χ2n) is 5.49. The molecular formula is C19H19NO. The lowest BCUT2D eigenvalue weighted by Gasteiger charge is -2.18. The van der Waals surface area contributed by atoms with Gasteiger partial charge in [0.2, 0.25) is 5.91 Å². The highest BCUT2D eigenvalue weighted by atomic mass is 16.2. The van der Waals surface area contributed by atoms with E-state index in [1.807, 2.05) is 36.4 Å². The SMILES string of the molecule is C=CCNC(=O)[C@@H]1CC1(c1ccccc1)c1ccccc1. The molecule has 0 heterocycles. The van der Waals surface area contributed by atoms with Crippen LogP contribution in [0, 0.1) is 5.92 Å². The van der Waals surface area contributed by atoms with Gasteiger partial charge in [0.1, 0.15) is 0 Å². The van der Waals surface area contributed by atoms with Crippen LogP contribution in [0.2, 0.25) is 0 Å². The van der Waals surface area contributed by atoms with Gasteiger partial charge >= 0.3 is 0 Å². The third-order valence-electron chi connectivity index (χ3n) is 4.28. The molecule has 1 amide bonds. The molecule has 1 atom stereocenters. The number of rotatable bonds is 5. The second kappa shape index (κ2) is 5.57. The van der Waals surface area contributed by atoms with Gasteiger partial charge in [-0.2, -0.15) is 0 Å². The molecule has 0 spiro atoms. The zero-order valence-corrected chi connectivity index (χ0v) is 12.0. The van der Waals surface area contributed by atoms with Gasteiger partial charge in [-0.05, 0) is 17.5 Å². The molecule has 0 unspecified atom stereocenters. The Balaban J connectivity index is 1.96. The minimum absolute atomic E-state index is 0.00208. The van der Waals surface area contributed by atoms with Crippen LogP contribution in [0.1, 0.15) is 17.5 Å². The molecule has 3 rings (SSSR count). The van der Waals surface area contributed by atoms with Crippen LogP contribution < -0.4 is 5.32 Å². The van der Waals surface area contributed by atoms with Crippen molar-refractivity contribution in [3.05, 3.63) is 84.4 Å². The van der Waals surface area contributed by atoms with E-state index in [-0.39, 0.29) is 17.2 Å². The highest BCUT2D eigenvalue weighted by molar-refractivity contribution is 5.86. The fourth-order valence-corrected chi connectivity index (χ4v) is 3.15. The second-order valence-corrected chi connectivity index (χ2v) is 5.49. The Labute approximate surface area is 125 Å². The molecule has 2 nitrogen and oxygen atoms in total. The molecule has 0 aliphatic heterocycles. The van der Waals surface area contributed by atoms with Crippen LogP contribution in [-0.2, 0) is 10.2 Å². The molecule has 1 N–H and O–H groups in total. The van der Waals surface area contributed by atoms with Crippen molar-refractivity contribution in [3.8, 4) is 0 Å². The van der Waals surface area contributed by atoms with Gasteiger partial charge in [0.15, 0.2) is 0 Å². The molecule has 2 aromatic rings. The van der Waals surface area contributed by atoms with E-state index >= 15 is 0 Å². The van der Waals surface area contributed by atoms with Gasteiger partial charge in [0.25, 0.3) is 0 Å². The summed E-state index contributed by atoms with van der Waals surface area (Å²) in [6.07, 6.45) is 2.58. The first-order chi connectivity index (χ1) is 10.3. The Morgan fingerprint density at radius 3 is 2.10 bits per heavy atom. The maximum absolute atomic E-state index is 12.4. The van der Waals surface area contributed by atoms with E-state index in [1.54, 1.807) is 6.08 Å². The van der Waals surface area contributed by atoms with Gasteiger partial charge < -0.3 is 5.32 Å². The number of benzene rings is 2. The monoisotopic (exact) mass is 277 g/mol. The highest BCUT2D eigenvalue weighted by Crippen LogP contribution is 2.58. The summed E-state index contributed by atoms with van der Waals surface area (Å²) in [5.74, 6) is 0.116. The number of carbonyl (C=O) groups excluding carboxylic acids is 1. The Hall–Kier alpha value is -2.35. The van der Waals surface area contributed by atoms with Gasteiger partial charge in [-0.15, -0.1) is 6.58 Å². The molecule has 0 radical (unpaired) electrons. The number of carbonyl (C=O) groups is 1. The van der Waals surface area contributed by atoms with Crippen molar-refractivity contribution in [2.24, 2.45) is 5.92 Å². The van der Waals surface area contributed by atoms with Crippen LogP contribution in [0.3, 0.4) is 0 Å². The zero-order valence-electron chi connectivity index (χ0n) is 12.0. The number of amides is 1. The topological polar surface area (TPSA) is 29.1 Å². The van der Waals surface area contributed by atoms with Gasteiger partial charge in [-0.1, -0.05) is 66.7 Å². The summed E-state index contributed by atoms with van der Waals surface area (Å²) in [5.41, 5.74) is 2.26. The van der Waals surface area contributed by atoms with Crippen molar-refractivity contribution in [1.82, 2.24) is 5.32 Å². The largest absolute Gasteiger partial charge is 0.352 e. The highest BCUT2D eigenvalue weighted by Gasteiger charge is 2.59. The zero-order chi connectivity index (χ0) is 14.7. The third kappa shape index (κ3) is 2.38. The average molecular weight is 277 g/mol. The maximum atomic E-state index is 12.4. The normalized spacial score (nSPS) is 18.8. The van der Waals surface area contributed by atoms with Crippen molar-refractivity contribution in [3.63, 3.8) is 0 Å². The van der Waals surface area contributed by atoms with Gasteiger partial charge in [-0.25, -0.2) is 0 Å². The first kappa shape index (κ1) is 13.6. The molecule has 2 heteroatoms. The quantitative estimate of drug-likeness (QED) is 0.835. The molecule has 1 fully saturated rings. The average Bonchev–Trinajstić information content (AvgIpc) is 3.31. The van der Waals surface area contributed by atoms with Gasteiger partial charge in [0.05, 0.1) is 5.92 Å². The summed E-state index contributed by atoms with van der Waals surface area (Å²) in [5, 5.41) is 2.93. The molecule has 2 aromatic carbocycles. The van der Waals surface area contributed by atoms with E-state index in [4.69, 9.17) is 0 Å². The van der Waals surface area contributed by atoms with E-state index in [1.165, 1.54) is 11.1 Å². The number of hydrogen-bond donors (Lipinski definition) is 1. The van der Waals surface area contributed by atoms with Crippen LogP contribution in [0.25, 0.3) is 0 Å². The van der Waals surface area contributed by atoms with E-state index in [9.17, 15) is 4.79 Å². The van der Waals surface area contributed by atoms with Crippen LogP contribution >= 0.6 is 0 Å². The molecule has 0 aromatic heterocycles. The lowest BCUT2D eigenvalue weighted by Crippen LogP contribution is -2.29. The molecule has 106 valence electrons. The van der Waals surface area contributed by atoms with Crippen molar-refractivity contribution < 1.29 is 4.79 Å². The van der Waals surface area contributed by atoms with E-state index in [0.717, 1.165) is 6.42 Å². The molecule has 1 saturated carbocycles. The van der Waals surface area contributed by atoms with Crippen LogP contribution in [-0.4, -0.2) is 12.5 Å². The first-order valence-electron chi connectivity index (χ1n) is 7.28. The third-order valence-corrected chi connectivity index (χ3v) is 4.28. The summed E-state index contributed by atoms with van der Waals surface area (Å²) in [7, 11) is 0. The van der Waals surface area contributed by atoms with Crippen molar-refractivity contribution >= 4 is 5.91 Å². The fourth-order valence-electron chi connectivity index (χ4n) is 3.15. The van der Waals surface area contributed by atoms with Crippen LogP contribution in [0.15, 0.2) is 73.3 Å². The predicted octanol–water partition coefficient (Wildman–Crippen LogP) is 3.29. The summed E-state index contributed by atoms with van der Waals surface area (Å²) in [6, 6.07) is 20.7. The molecule has 0 bridgehead atoms. The lowest BCUT2D eigenvalue weighted by molar-refractivity contribution is -0.122. The van der Waals surface area contributed by atoms with E-state index in [2.05, 4.69) is 36.2 Å². The minimum Gasteiger partial charge on any atom is -0.352 e. The first-order valence-corrected chi connectivity index (χ1v) is 7.28. The molecule has 21 heavy (non-hydrogen) atoms. The minimum atomic E-state index is -0.173. The molecular weight excluding hydrogens is 258 g/mol.